The third kappa shape index (κ3) is 3.33. The van der Waals surface area contributed by atoms with Gasteiger partial charge in [0.15, 0.2) is 9.84 Å². The molecule has 1 spiro atoms. The molecule has 2 aliphatic heterocycles. The van der Waals surface area contributed by atoms with Crippen molar-refractivity contribution in [2.24, 2.45) is 5.92 Å². The molecule has 28 heavy (non-hydrogen) atoms. The lowest BCUT2D eigenvalue weighted by molar-refractivity contribution is 0.0204. The lowest BCUT2D eigenvalue weighted by atomic mass is 9.83. The Kier molecular flexibility index (Phi) is 4.97. The predicted molar refractivity (Wildman–Crippen MR) is 106 cm³/mol. The number of carbonyl (C=O) groups excluding carboxylic acids is 1. The van der Waals surface area contributed by atoms with Gasteiger partial charge in [-0.15, -0.1) is 0 Å². The number of likely N-dealkylation sites (tertiary alicyclic amines) is 1. The Hall–Kier alpha value is -2.25. The van der Waals surface area contributed by atoms with E-state index in [1.165, 1.54) is 0 Å². The van der Waals surface area contributed by atoms with Gasteiger partial charge in [0, 0.05) is 30.8 Å². The molecule has 0 aliphatic carbocycles. The number of benzene rings is 1. The fourth-order valence-electron chi connectivity index (χ4n) is 4.20. The molecule has 1 aromatic heterocycles. The van der Waals surface area contributed by atoms with Crippen LogP contribution in [0.25, 0.3) is 0 Å². The second-order valence-corrected chi connectivity index (χ2v) is 10.2. The van der Waals surface area contributed by atoms with Crippen molar-refractivity contribution in [1.29, 1.82) is 0 Å². The van der Waals surface area contributed by atoms with Crippen molar-refractivity contribution in [3.63, 3.8) is 0 Å². The zero-order valence-corrected chi connectivity index (χ0v) is 16.7. The first-order chi connectivity index (χ1) is 13.4. The molecule has 1 aromatic carbocycles. The molecule has 0 radical (unpaired) electrons. The number of aromatic nitrogens is 1. The largest absolute Gasteiger partial charge is 0.375 e. The van der Waals surface area contributed by atoms with E-state index in [0.29, 0.717) is 25.2 Å². The third-order valence-electron chi connectivity index (χ3n) is 5.86. The molecule has 148 valence electrons. The van der Waals surface area contributed by atoms with Crippen molar-refractivity contribution in [3.05, 3.63) is 65.5 Å². The van der Waals surface area contributed by atoms with Gasteiger partial charge in [0.05, 0.1) is 24.7 Å². The molecular weight excluding hydrogens is 376 g/mol. The third-order valence-corrected chi connectivity index (χ3v) is 8.47. The summed E-state index contributed by atoms with van der Waals surface area (Å²) in [7, 11) is -3.24. The van der Waals surface area contributed by atoms with Crippen LogP contribution in [0.15, 0.2) is 48.7 Å². The predicted octanol–water partition coefficient (Wildman–Crippen LogP) is 2.24. The van der Waals surface area contributed by atoms with Gasteiger partial charge in [-0.25, -0.2) is 8.42 Å². The summed E-state index contributed by atoms with van der Waals surface area (Å²) in [4.78, 5) is 18.6. The number of hydrogen-bond acceptors (Lipinski definition) is 5. The monoisotopic (exact) mass is 400 g/mol. The first-order valence-corrected chi connectivity index (χ1v) is 11.1. The maximum absolute atomic E-state index is 12.8. The van der Waals surface area contributed by atoms with Crippen LogP contribution in [-0.2, 0) is 21.2 Å². The topological polar surface area (TPSA) is 76.6 Å². The smallest absolute Gasteiger partial charge is 0.253 e. The van der Waals surface area contributed by atoms with Gasteiger partial charge in [0.2, 0.25) is 0 Å². The van der Waals surface area contributed by atoms with Crippen LogP contribution >= 0.6 is 0 Å². The van der Waals surface area contributed by atoms with Gasteiger partial charge >= 0.3 is 0 Å². The number of carbonyl (C=O) groups is 1. The summed E-state index contributed by atoms with van der Waals surface area (Å²) in [5, 5.41) is 0. The number of pyridine rings is 1. The number of sulfone groups is 1. The molecule has 2 aromatic rings. The molecule has 1 atom stereocenters. The summed E-state index contributed by atoms with van der Waals surface area (Å²) < 4.78 is 30.5. The number of rotatable bonds is 5. The highest BCUT2D eigenvalue weighted by atomic mass is 32.2. The Morgan fingerprint density at radius 1 is 1.25 bits per heavy atom. The Balaban J connectivity index is 1.42. The summed E-state index contributed by atoms with van der Waals surface area (Å²) >= 11 is 0. The average molecular weight is 401 g/mol. The zero-order chi connectivity index (χ0) is 19.8. The average Bonchev–Trinajstić information content (AvgIpc) is 2.91. The SMILES string of the molecule is Cc1cccc(C(=O)N2CC3(C2)[C@@H](COCc2ccccn2)CCS3(=O)=O)c1. The maximum Gasteiger partial charge on any atom is 0.253 e. The van der Waals surface area contributed by atoms with Crippen molar-refractivity contribution in [1.82, 2.24) is 9.88 Å². The first-order valence-electron chi connectivity index (χ1n) is 9.47. The van der Waals surface area contributed by atoms with Gasteiger partial charge in [-0.3, -0.25) is 9.78 Å². The second-order valence-electron chi connectivity index (χ2n) is 7.74. The van der Waals surface area contributed by atoms with E-state index in [-0.39, 0.29) is 30.7 Å². The highest BCUT2D eigenvalue weighted by Gasteiger charge is 2.62. The number of amides is 1. The van der Waals surface area contributed by atoms with Crippen molar-refractivity contribution in [2.45, 2.75) is 24.7 Å². The van der Waals surface area contributed by atoms with E-state index in [1.807, 2.05) is 43.3 Å². The van der Waals surface area contributed by atoms with Crippen LogP contribution in [0.1, 0.15) is 28.0 Å². The van der Waals surface area contributed by atoms with Crippen LogP contribution in [-0.4, -0.2) is 54.4 Å². The minimum Gasteiger partial charge on any atom is -0.375 e. The van der Waals surface area contributed by atoms with E-state index in [9.17, 15) is 13.2 Å². The first kappa shape index (κ1) is 19.1. The standard InChI is InChI=1S/C21H24N2O4S/c1-16-5-4-6-17(11-16)20(24)23-14-21(15-23)18(8-10-28(21,25)26)12-27-13-19-7-2-3-9-22-19/h2-7,9,11,18H,8,10,12-15H2,1H3/t18-/m1/s1. The van der Waals surface area contributed by atoms with Gasteiger partial charge in [0.25, 0.3) is 5.91 Å². The number of hydrogen-bond donors (Lipinski definition) is 0. The molecule has 0 unspecified atom stereocenters. The van der Waals surface area contributed by atoms with Gasteiger partial charge in [-0.05, 0) is 37.6 Å². The van der Waals surface area contributed by atoms with Crippen molar-refractivity contribution < 1.29 is 17.9 Å². The minimum absolute atomic E-state index is 0.0947. The van der Waals surface area contributed by atoms with E-state index in [0.717, 1.165) is 11.3 Å². The Morgan fingerprint density at radius 3 is 2.79 bits per heavy atom. The van der Waals surface area contributed by atoms with Crippen LogP contribution in [0.2, 0.25) is 0 Å². The van der Waals surface area contributed by atoms with E-state index in [4.69, 9.17) is 4.74 Å². The molecule has 0 saturated carbocycles. The van der Waals surface area contributed by atoms with Crippen LogP contribution in [0.5, 0.6) is 0 Å². The van der Waals surface area contributed by atoms with Gasteiger partial charge < -0.3 is 9.64 Å². The van der Waals surface area contributed by atoms with Crippen LogP contribution in [0, 0.1) is 12.8 Å². The molecule has 0 N–H and O–H groups in total. The fourth-order valence-corrected chi connectivity index (χ4v) is 6.60. The summed E-state index contributed by atoms with van der Waals surface area (Å²) in [5.74, 6) is -0.0377. The van der Waals surface area contributed by atoms with Crippen molar-refractivity contribution in [2.75, 3.05) is 25.4 Å². The van der Waals surface area contributed by atoms with Gasteiger partial charge in [0.1, 0.15) is 4.75 Å². The lowest BCUT2D eigenvalue weighted by Crippen LogP contribution is -2.68. The number of aryl methyl sites for hydroxylation is 1. The Labute approximate surface area is 165 Å². The molecule has 0 bridgehead atoms. The maximum atomic E-state index is 12.8. The number of nitrogens with zero attached hydrogens (tertiary/aromatic N) is 2. The summed E-state index contributed by atoms with van der Waals surface area (Å²) in [6.07, 6.45) is 2.29. The molecule has 3 heterocycles. The molecular formula is C21H24N2O4S. The van der Waals surface area contributed by atoms with Gasteiger partial charge in [-0.1, -0.05) is 23.8 Å². The van der Waals surface area contributed by atoms with E-state index >= 15 is 0 Å². The fraction of sp³-hybridized carbons (Fsp3) is 0.429. The molecule has 1 amide bonds. The second kappa shape index (κ2) is 7.29. The summed E-state index contributed by atoms with van der Waals surface area (Å²) in [6.45, 7) is 3.16. The molecule has 6 nitrogen and oxygen atoms in total. The molecule has 2 aliphatic rings. The van der Waals surface area contributed by atoms with E-state index in [1.54, 1.807) is 17.2 Å². The zero-order valence-electron chi connectivity index (χ0n) is 15.9. The molecule has 2 saturated heterocycles. The van der Waals surface area contributed by atoms with Crippen LogP contribution in [0.4, 0.5) is 0 Å². The summed E-state index contributed by atoms with van der Waals surface area (Å²) in [5.41, 5.74) is 2.44. The molecule has 7 heteroatoms. The quantitative estimate of drug-likeness (QED) is 0.769. The summed E-state index contributed by atoms with van der Waals surface area (Å²) in [6, 6.07) is 13.0. The number of ether oxygens (including phenoxy) is 1. The van der Waals surface area contributed by atoms with E-state index < -0.39 is 14.6 Å². The Bertz CT molecular complexity index is 969. The Morgan fingerprint density at radius 2 is 2.07 bits per heavy atom. The molecule has 4 rings (SSSR count). The normalized spacial score (nSPS) is 22.2. The lowest BCUT2D eigenvalue weighted by Gasteiger charge is -2.49. The van der Waals surface area contributed by atoms with Crippen LogP contribution in [0.3, 0.4) is 0 Å². The minimum atomic E-state index is -3.24. The highest BCUT2D eigenvalue weighted by molar-refractivity contribution is 7.93. The van der Waals surface area contributed by atoms with Crippen molar-refractivity contribution >= 4 is 15.7 Å². The van der Waals surface area contributed by atoms with Gasteiger partial charge in [-0.2, -0.15) is 0 Å². The van der Waals surface area contributed by atoms with Crippen molar-refractivity contribution in [3.8, 4) is 0 Å². The highest BCUT2D eigenvalue weighted by Crippen LogP contribution is 2.45. The van der Waals surface area contributed by atoms with E-state index in [2.05, 4.69) is 4.98 Å². The van der Waals surface area contributed by atoms with Crippen LogP contribution < -0.4 is 0 Å². The molecule has 2 fully saturated rings.